The fourth-order valence-electron chi connectivity index (χ4n) is 1.70. The molecule has 0 saturated heterocycles. The lowest BCUT2D eigenvalue weighted by Gasteiger charge is -2.30. The van der Waals surface area contributed by atoms with Crippen LogP contribution in [0.25, 0.3) is 0 Å². The predicted molar refractivity (Wildman–Crippen MR) is 77.9 cm³/mol. The van der Waals surface area contributed by atoms with Gasteiger partial charge in [0.25, 0.3) is 0 Å². The maximum atomic E-state index is 11.1. The molecular weight excluding hydrogens is 262 g/mol. The van der Waals surface area contributed by atoms with E-state index in [2.05, 4.69) is 11.9 Å². The van der Waals surface area contributed by atoms with Crippen LogP contribution in [0.1, 0.15) is 34.1 Å². The van der Waals surface area contributed by atoms with Gasteiger partial charge in [-0.3, -0.25) is 4.79 Å². The molecule has 112 valence electrons. The molecule has 1 N–H and O–H groups in total. The Kier molecular flexibility index (Phi) is 9.77. The second kappa shape index (κ2) is 10.1. The lowest BCUT2D eigenvalue weighted by molar-refractivity contribution is -0.116. The van der Waals surface area contributed by atoms with Crippen molar-refractivity contribution in [2.75, 3.05) is 19.8 Å². The molecule has 0 aliphatic rings. The average molecular weight is 289 g/mol. The van der Waals surface area contributed by atoms with Crippen molar-refractivity contribution in [2.24, 2.45) is 0 Å². The van der Waals surface area contributed by atoms with Gasteiger partial charge in [0.15, 0.2) is 0 Å². The number of carbonyl (C=O) groups is 1. The molecule has 0 aliphatic heterocycles. The highest BCUT2D eigenvalue weighted by Crippen LogP contribution is 2.19. The van der Waals surface area contributed by atoms with Gasteiger partial charge in [0.2, 0.25) is 5.91 Å². The summed E-state index contributed by atoms with van der Waals surface area (Å²) < 4.78 is 17.5. The van der Waals surface area contributed by atoms with E-state index in [9.17, 15) is 4.79 Å². The van der Waals surface area contributed by atoms with E-state index in [1.165, 1.54) is 6.08 Å². The van der Waals surface area contributed by atoms with E-state index < -0.39 is 8.80 Å². The molecule has 0 spiro atoms. The lowest BCUT2D eigenvalue weighted by Crippen LogP contribution is -2.48. The predicted octanol–water partition coefficient (Wildman–Crippen LogP) is 2.12. The second-order valence-electron chi connectivity index (χ2n) is 4.31. The fourth-order valence-corrected chi connectivity index (χ4v) is 4.53. The Morgan fingerprint density at radius 3 is 2.32 bits per heavy atom. The Hall–Kier alpha value is -0.693. The number of nitrogens with one attached hydrogen (secondary N) is 1. The minimum Gasteiger partial charge on any atom is -0.374 e. The van der Waals surface area contributed by atoms with Gasteiger partial charge in [0.05, 0.1) is 0 Å². The summed E-state index contributed by atoms with van der Waals surface area (Å²) in [4.78, 5) is 11.1. The largest absolute Gasteiger partial charge is 0.501 e. The quantitative estimate of drug-likeness (QED) is 0.359. The molecule has 0 heterocycles. The van der Waals surface area contributed by atoms with E-state index >= 15 is 0 Å². The van der Waals surface area contributed by atoms with Crippen LogP contribution in [0.2, 0.25) is 6.04 Å². The minimum absolute atomic E-state index is 0.0625. The molecule has 0 aromatic rings. The standard InChI is InChI=1S/C13H27NO4Si/c1-6-13(15)14-10-9-11-19(16-7-2,17-8-3)18-12(4)5/h6,12H,1,7-11H2,2-5H3,(H,14,15). The van der Waals surface area contributed by atoms with Crippen LogP contribution in [0, 0.1) is 0 Å². The van der Waals surface area contributed by atoms with Gasteiger partial charge in [0.1, 0.15) is 0 Å². The van der Waals surface area contributed by atoms with Crippen molar-refractivity contribution < 1.29 is 18.1 Å². The first-order chi connectivity index (χ1) is 8.99. The first-order valence-electron chi connectivity index (χ1n) is 6.85. The van der Waals surface area contributed by atoms with Crippen molar-refractivity contribution in [3.63, 3.8) is 0 Å². The van der Waals surface area contributed by atoms with Crippen LogP contribution in [-0.4, -0.2) is 40.6 Å². The van der Waals surface area contributed by atoms with Gasteiger partial charge < -0.3 is 18.6 Å². The number of hydrogen-bond donors (Lipinski definition) is 1. The number of rotatable bonds is 11. The summed E-state index contributed by atoms with van der Waals surface area (Å²) in [6.07, 6.45) is 2.09. The number of hydrogen-bond acceptors (Lipinski definition) is 4. The highest BCUT2D eigenvalue weighted by molar-refractivity contribution is 6.60. The van der Waals surface area contributed by atoms with E-state index in [4.69, 9.17) is 13.3 Å². The van der Waals surface area contributed by atoms with E-state index in [1.54, 1.807) is 0 Å². The van der Waals surface area contributed by atoms with Crippen LogP contribution in [-0.2, 0) is 18.1 Å². The summed E-state index contributed by atoms with van der Waals surface area (Å²) in [5.74, 6) is -0.162. The van der Waals surface area contributed by atoms with Crippen molar-refractivity contribution in [2.45, 2.75) is 46.3 Å². The zero-order valence-corrected chi connectivity index (χ0v) is 13.5. The van der Waals surface area contributed by atoms with E-state index in [-0.39, 0.29) is 12.0 Å². The molecule has 0 aromatic carbocycles. The number of carbonyl (C=O) groups excluding carboxylic acids is 1. The van der Waals surface area contributed by atoms with Gasteiger partial charge in [-0.2, -0.15) is 0 Å². The zero-order valence-electron chi connectivity index (χ0n) is 12.5. The van der Waals surface area contributed by atoms with Gasteiger partial charge in [-0.15, -0.1) is 0 Å². The number of amides is 1. The van der Waals surface area contributed by atoms with Crippen molar-refractivity contribution in [1.82, 2.24) is 5.32 Å². The molecule has 5 nitrogen and oxygen atoms in total. The van der Waals surface area contributed by atoms with Crippen LogP contribution in [0.3, 0.4) is 0 Å². The van der Waals surface area contributed by atoms with Gasteiger partial charge in [-0.25, -0.2) is 0 Å². The highest BCUT2D eigenvalue weighted by atomic mass is 28.4. The van der Waals surface area contributed by atoms with E-state index in [0.29, 0.717) is 25.8 Å². The lowest BCUT2D eigenvalue weighted by atomic mass is 10.4. The molecule has 0 atom stereocenters. The molecule has 0 aliphatic carbocycles. The van der Waals surface area contributed by atoms with Crippen LogP contribution in [0.5, 0.6) is 0 Å². The first-order valence-corrected chi connectivity index (χ1v) is 8.78. The summed E-state index contributed by atoms with van der Waals surface area (Å²) in [7, 11) is -2.62. The summed E-state index contributed by atoms with van der Waals surface area (Å²) in [5.41, 5.74) is 0. The Morgan fingerprint density at radius 2 is 1.89 bits per heavy atom. The molecule has 19 heavy (non-hydrogen) atoms. The second-order valence-corrected chi connectivity index (χ2v) is 6.99. The Labute approximate surface area is 117 Å². The van der Waals surface area contributed by atoms with Gasteiger partial charge in [0, 0.05) is 31.9 Å². The summed E-state index contributed by atoms with van der Waals surface area (Å²) in [5, 5.41) is 2.74. The topological polar surface area (TPSA) is 56.8 Å². The summed E-state index contributed by atoms with van der Waals surface area (Å²) >= 11 is 0. The van der Waals surface area contributed by atoms with Crippen LogP contribution >= 0.6 is 0 Å². The average Bonchev–Trinajstić information content (AvgIpc) is 2.34. The minimum atomic E-state index is -2.62. The molecule has 0 saturated carbocycles. The Morgan fingerprint density at radius 1 is 1.32 bits per heavy atom. The smallest absolute Gasteiger partial charge is 0.374 e. The molecule has 0 unspecified atom stereocenters. The Balaban J connectivity index is 4.37. The van der Waals surface area contributed by atoms with Gasteiger partial charge >= 0.3 is 8.80 Å². The normalized spacial score (nSPS) is 11.6. The molecule has 0 rings (SSSR count). The van der Waals surface area contributed by atoms with Gasteiger partial charge in [-0.05, 0) is 40.2 Å². The molecular formula is C13H27NO4Si. The molecule has 0 fully saturated rings. The van der Waals surface area contributed by atoms with Crippen molar-refractivity contribution in [1.29, 1.82) is 0 Å². The van der Waals surface area contributed by atoms with Gasteiger partial charge in [-0.1, -0.05) is 6.58 Å². The SMILES string of the molecule is C=CC(=O)NCCC[Si](OCC)(OCC)OC(C)C. The maximum Gasteiger partial charge on any atom is 0.501 e. The zero-order chi connectivity index (χ0) is 14.7. The molecule has 0 aromatic heterocycles. The van der Waals surface area contributed by atoms with Crippen molar-refractivity contribution in [3.8, 4) is 0 Å². The molecule has 1 amide bonds. The fraction of sp³-hybridized carbons (Fsp3) is 0.769. The van der Waals surface area contributed by atoms with E-state index in [0.717, 1.165) is 6.42 Å². The third-order valence-corrected chi connectivity index (χ3v) is 5.54. The van der Waals surface area contributed by atoms with Crippen LogP contribution in [0.4, 0.5) is 0 Å². The molecule has 0 radical (unpaired) electrons. The third-order valence-electron chi connectivity index (χ3n) is 2.29. The van der Waals surface area contributed by atoms with E-state index in [1.807, 2.05) is 27.7 Å². The van der Waals surface area contributed by atoms with Crippen molar-refractivity contribution in [3.05, 3.63) is 12.7 Å². The van der Waals surface area contributed by atoms with Crippen LogP contribution in [0.15, 0.2) is 12.7 Å². The van der Waals surface area contributed by atoms with Crippen LogP contribution < -0.4 is 5.32 Å². The summed E-state index contributed by atoms with van der Waals surface area (Å²) in [6.45, 7) is 12.9. The first kappa shape index (κ1) is 18.3. The third kappa shape index (κ3) is 8.15. The monoisotopic (exact) mass is 289 g/mol. The highest BCUT2D eigenvalue weighted by Gasteiger charge is 2.40. The Bertz CT molecular complexity index is 265. The molecule has 6 heteroatoms. The van der Waals surface area contributed by atoms with Crippen molar-refractivity contribution >= 4 is 14.7 Å². The summed E-state index contributed by atoms with van der Waals surface area (Å²) in [6, 6.07) is 0.699. The molecule has 0 bridgehead atoms. The maximum absolute atomic E-state index is 11.1.